The number of hydrogen-bond donors (Lipinski definition) is 3. The first-order valence-electron chi connectivity index (χ1n) is 10.9. The lowest BCUT2D eigenvalue weighted by molar-refractivity contribution is -0.189. The number of benzene rings is 1. The molecule has 2 aliphatic heterocycles. The molecule has 5 rings (SSSR count). The second-order valence-electron chi connectivity index (χ2n) is 9.09. The molecule has 2 aliphatic carbocycles. The second kappa shape index (κ2) is 6.48. The van der Waals surface area contributed by atoms with Gasteiger partial charge < -0.3 is 20.3 Å². The van der Waals surface area contributed by atoms with Crippen LogP contribution in [0.1, 0.15) is 50.2 Å². The number of piperidine rings is 1. The summed E-state index contributed by atoms with van der Waals surface area (Å²) in [5, 5.41) is 26.5. The highest BCUT2D eigenvalue weighted by Crippen LogP contribution is 2.65. The lowest BCUT2D eigenvalue weighted by Gasteiger charge is -2.64. The van der Waals surface area contributed by atoms with E-state index in [4.69, 9.17) is 4.74 Å². The fourth-order valence-electron chi connectivity index (χ4n) is 6.69. The number of aromatic hydroxyl groups is 1. The van der Waals surface area contributed by atoms with Gasteiger partial charge in [0.05, 0.1) is 11.0 Å². The first-order valence-corrected chi connectivity index (χ1v) is 10.9. The first kappa shape index (κ1) is 18.5. The van der Waals surface area contributed by atoms with Crippen LogP contribution in [0.2, 0.25) is 0 Å². The van der Waals surface area contributed by atoms with Crippen molar-refractivity contribution >= 4 is 0 Å². The Morgan fingerprint density at radius 1 is 1.39 bits per heavy atom. The highest BCUT2D eigenvalue weighted by molar-refractivity contribution is 5.62. The molecule has 1 aromatic carbocycles. The molecule has 2 bridgehead atoms. The fourth-order valence-corrected chi connectivity index (χ4v) is 6.69. The van der Waals surface area contributed by atoms with E-state index < -0.39 is 11.0 Å². The zero-order valence-electron chi connectivity index (χ0n) is 16.8. The number of nitrogens with zero attached hydrogens (tertiary/aromatic N) is 1. The summed E-state index contributed by atoms with van der Waals surface area (Å²) < 4.78 is 6.50. The molecule has 2 fully saturated rings. The number of ether oxygens (including phenoxy) is 1. The minimum absolute atomic E-state index is 0.0740. The second-order valence-corrected chi connectivity index (χ2v) is 9.09. The van der Waals surface area contributed by atoms with Crippen LogP contribution in [-0.4, -0.2) is 58.5 Å². The number of rotatable bonds is 6. The summed E-state index contributed by atoms with van der Waals surface area (Å²) in [6, 6.07) is 4.08. The monoisotopic (exact) mass is 384 g/mol. The van der Waals surface area contributed by atoms with E-state index in [1.807, 2.05) is 12.1 Å². The van der Waals surface area contributed by atoms with Crippen LogP contribution >= 0.6 is 0 Å². The largest absolute Gasteiger partial charge is 0.504 e. The quantitative estimate of drug-likeness (QED) is 0.520. The Balaban J connectivity index is 1.63. The van der Waals surface area contributed by atoms with Gasteiger partial charge in [-0.1, -0.05) is 25.5 Å². The van der Waals surface area contributed by atoms with Gasteiger partial charge in [-0.3, -0.25) is 4.90 Å². The van der Waals surface area contributed by atoms with Gasteiger partial charge >= 0.3 is 0 Å². The molecule has 152 valence electrons. The molecular weight excluding hydrogens is 352 g/mol. The summed E-state index contributed by atoms with van der Waals surface area (Å²) in [4.78, 5) is 2.40. The van der Waals surface area contributed by atoms with Gasteiger partial charge in [0.15, 0.2) is 11.5 Å². The molecule has 1 saturated heterocycles. The van der Waals surface area contributed by atoms with Gasteiger partial charge in [0.2, 0.25) is 0 Å². The van der Waals surface area contributed by atoms with Gasteiger partial charge in [-0.05, 0) is 56.8 Å². The van der Waals surface area contributed by atoms with Crippen molar-refractivity contribution in [2.75, 3.05) is 19.6 Å². The molecule has 0 amide bonds. The van der Waals surface area contributed by atoms with Crippen LogP contribution in [0, 0.1) is 0 Å². The van der Waals surface area contributed by atoms with E-state index in [-0.39, 0.29) is 23.9 Å². The zero-order chi connectivity index (χ0) is 19.5. The average molecular weight is 385 g/mol. The van der Waals surface area contributed by atoms with E-state index >= 15 is 0 Å². The van der Waals surface area contributed by atoms with Crippen molar-refractivity contribution in [2.45, 2.75) is 74.7 Å². The fraction of sp³-hybridized carbons (Fsp3) is 0.652. The maximum Gasteiger partial charge on any atom is 0.165 e. The number of hydrogen-bond acceptors (Lipinski definition) is 5. The Bertz CT molecular complexity index is 796. The number of nitrogens with one attached hydrogen (secondary N) is 1. The molecule has 0 aromatic heterocycles. The van der Waals surface area contributed by atoms with Crippen LogP contribution in [0.4, 0.5) is 0 Å². The third kappa shape index (κ3) is 2.18. The van der Waals surface area contributed by atoms with Gasteiger partial charge in [0.1, 0.15) is 6.10 Å². The summed E-state index contributed by atoms with van der Waals surface area (Å²) in [5.41, 5.74) is 1.07. The van der Waals surface area contributed by atoms with Crippen molar-refractivity contribution in [3.05, 3.63) is 35.9 Å². The van der Waals surface area contributed by atoms with Gasteiger partial charge in [0.25, 0.3) is 0 Å². The summed E-state index contributed by atoms with van der Waals surface area (Å²) in [7, 11) is 0. The van der Waals surface area contributed by atoms with E-state index in [9.17, 15) is 10.2 Å². The molecule has 1 saturated carbocycles. The predicted octanol–water partition coefficient (Wildman–Crippen LogP) is 2.49. The molecule has 0 radical (unpaired) electrons. The Kier molecular flexibility index (Phi) is 4.27. The Hall–Kier alpha value is -1.56. The van der Waals surface area contributed by atoms with Crippen LogP contribution in [0.5, 0.6) is 11.5 Å². The molecule has 2 heterocycles. The molecule has 28 heavy (non-hydrogen) atoms. The molecule has 5 nitrogen and oxygen atoms in total. The van der Waals surface area contributed by atoms with Crippen molar-refractivity contribution in [3.63, 3.8) is 0 Å². The normalized spacial score (nSPS) is 38.0. The lowest BCUT2D eigenvalue weighted by atomic mass is 9.48. The Morgan fingerprint density at radius 3 is 3.04 bits per heavy atom. The highest BCUT2D eigenvalue weighted by atomic mass is 16.5. The summed E-state index contributed by atoms with van der Waals surface area (Å²) in [6.07, 6.45) is 7.44. The SMILES string of the molecule is C=CCN1CC[C@]23c4c5ccc(O)c4O[C@H]2[C@H](NCCCC)CC[C@@]3(O)[C@H]1C5. The van der Waals surface area contributed by atoms with Crippen molar-refractivity contribution in [3.8, 4) is 11.5 Å². The van der Waals surface area contributed by atoms with Crippen molar-refractivity contribution in [1.29, 1.82) is 0 Å². The molecule has 5 atom stereocenters. The van der Waals surface area contributed by atoms with Gasteiger partial charge in [0, 0.05) is 24.2 Å². The number of phenolic OH excluding ortho intramolecular Hbond substituents is 1. The van der Waals surface area contributed by atoms with Gasteiger partial charge in [-0.15, -0.1) is 6.58 Å². The zero-order valence-corrected chi connectivity index (χ0v) is 16.8. The predicted molar refractivity (Wildman–Crippen MR) is 109 cm³/mol. The van der Waals surface area contributed by atoms with E-state index in [1.54, 1.807) is 6.07 Å². The molecule has 3 N–H and O–H groups in total. The smallest absolute Gasteiger partial charge is 0.165 e. The first-order chi connectivity index (χ1) is 13.6. The molecule has 1 spiro atoms. The highest BCUT2D eigenvalue weighted by Gasteiger charge is 2.72. The van der Waals surface area contributed by atoms with E-state index in [2.05, 4.69) is 23.7 Å². The summed E-state index contributed by atoms with van der Waals surface area (Å²) in [5.74, 6) is 0.838. The van der Waals surface area contributed by atoms with E-state index in [0.29, 0.717) is 5.75 Å². The molecule has 0 unspecified atom stereocenters. The van der Waals surface area contributed by atoms with Crippen molar-refractivity contribution < 1.29 is 14.9 Å². The maximum absolute atomic E-state index is 12.2. The van der Waals surface area contributed by atoms with Crippen LogP contribution in [0.25, 0.3) is 0 Å². The van der Waals surface area contributed by atoms with Crippen LogP contribution in [0.3, 0.4) is 0 Å². The topological polar surface area (TPSA) is 65.0 Å². The number of aliphatic hydroxyl groups is 1. The third-order valence-corrected chi connectivity index (χ3v) is 7.87. The van der Waals surface area contributed by atoms with Gasteiger partial charge in [-0.25, -0.2) is 0 Å². The molecular formula is C23H32N2O3. The van der Waals surface area contributed by atoms with Crippen molar-refractivity contribution in [2.24, 2.45) is 0 Å². The van der Waals surface area contributed by atoms with Crippen LogP contribution < -0.4 is 10.1 Å². The maximum atomic E-state index is 12.2. The number of likely N-dealkylation sites (tertiary alicyclic amines) is 1. The lowest BCUT2D eigenvalue weighted by Crippen LogP contribution is -2.78. The van der Waals surface area contributed by atoms with E-state index in [0.717, 1.165) is 63.7 Å². The molecule has 1 aromatic rings. The summed E-state index contributed by atoms with van der Waals surface area (Å²) in [6.45, 7) is 8.82. The Morgan fingerprint density at radius 2 is 2.25 bits per heavy atom. The van der Waals surface area contributed by atoms with Crippen LogP contribution in [-0.2, 0) is 11.8 Å². The average Bonchev–Trinajstić information content (AvgIpc) is 3.03. The van der Waals surface area contributed by atoms with Crippen LogP contribution in [0.15, 0.2) is 24.8 Å². The Labute approximate surface area is 167 Å². The number of unbranched alkanes of at least 4 members (excludes halogenated alkanes) is 1. The third-order valence-electron chi connectivity index (χ3n) is 7.87. The van der Waals surface area contributed by atoms with Crippen molar-refractivity contribution in [1.82, 2.24) is 10.2 Å². The number of phenols is 1. The minimum Gasteiger partial charge on any atom is -0.504 e. The van der Waals surface area contributed by atoms with E-state index in [1.165, 1.54) is 5.56 Å². The minimum atomic E-state index is -0.825. The molecule has 5 heteroatoms. The van der Waals surface area contributed by atoms with Gasteiger partial charge in [-0.2, -0.15) is 0 Å². The standard InChI is InChI=1S/C23H32N2O3/c1-3-5-11-24-16-8-9-23(27)18-14-15-6-7-17(26)20-19(15)22(23,21(16)28-20)10-13-25(18)12-4-2/h4,6-7,16,18,21,24,26-27H,2-3,5,8-14H2,1H3/t16-,18-,21+,22+,23-/m1/s1. The molecule has 4 aliphatic rings. The summed E-state index contributed by atoms with van der Waals surface area (Å²) >= 11 is 0.